The Bertz CT molecular complexity index is 1060. The number of nitrogens with zero attached hydrogens (tertiary/aromatic N) is 1. The van der Waals surface area contributed by atoms with Gasteiger partial charge in [0, 0.05) is 16.1 Å². The number of carbonyl (C=O) groups is 3. The summed E-state index contributed by atoms with van der Waals surface area (Å²) >= 11 is 7.44. The Morgan fingerprint density at radius 1 is 1.00 bits per heavy atom. The van der Waals surface area contributed by atoms with Crippen LogP contribution >= 0.6 is 31.9 Å². The SMILES string of the molecule is COc1ccccc1NC(=O)[C@H](Cc1ccccc1)N1C(=O)[C@@H]2[C@@H]3C[C@H]([C@H](Br)[C@@H]3Br)[C@@H]2C1=O. The number of rotatable bonds is 6. The first-order valence-corrected chi connectivity index (χ1v) is 12.9. The second kappa shape index (κ2) is 8.87. The van der Waals surface area contributed by atoms with Crippen molar-refractivity contribution in [3.8, 4) is 5.75 Å². The number of anilines is 1. The molecule has 5 rings (SSSR count). The number of para-hydroxylation sites is 2. The molecule has 7 atom stereocenters. The van der Waals surface area contributed by atoms with Crippen molar-refractivity contribution in [3.05, 3.63) is 60.2 Å². The molecule has 3 fully saturated rings. The number of hydrogen-bond acceptors (Lipinski definition) is 4. The smallest absolute Gasteiger partial charge is 0.248 e. The Hall–Kier alpha value is -2.19. The maximum absolute atomic E-state index is 13.6. The van der Waals surface area contributed by atoms with Gasteiger partial charge in [-0.3, -0.25) is 19.3 Å². The molecule has 8 heteroatoms. The zero-order valence-electron chi connectivity index (χ0n) is 18.0. The normalized spacial score (nSPS) is 30.9. The Morgan fingerprint density at radius 2 is 1.58 bits per heavy atom. The summed E-state index contributed by atoms with van der Waals surface area (Å²) in [4.78, 5) is 42.3. The highest BCUT2D eigenvalue weighted by atomic mass is 79.9. The van der Waals surface area contributed by atoms with Crippen LogP contribution in [0.15, 0.2) is 54.6 Å². The minimum absolute atomic E-state index is 0.0977. The van der Waals surface area contributed by atoms with Crippen LogP contribution in [0.2, 0.25) is 0 Å². The van der Waals surface area contributed by atoms with Gasteiger partial charge < -0.3 is 10.1 Å². The van der Waals surface area contributed by atoms with Crippen LogP contribution in [0.1, 0.15) is 12.0 Å². The monoisotopic (exact) mass is 574 g/mol. The molecule has 0 aromatic heterocycles. The summed E-state index contributed by atoms with van der Waals surface area (Å²) in [6.07, 6.45) is 1.10. The lowest BCUT2D eigenvalue weighted by molar-refractivity contribution is -0.147. The van der Waals surface area contributed by atoms with E-state index in [0.717, 1.165) is 12.0 Å². The van der Waals surface area contributed by atoms with Crippen molar-refractivity contribution in [2.45, 2.75) is 28.5 Å². The molecule has 0 unspecified atom stereocenters. The lowest BCUT2D eigenvalue weighted by atomic mass is 9.81. The molecule has 2 saturated carbocycles. The number of alkyl halides is 2. The van der Waals surface area contributed by atoms with E-state index in [0.29, 0.717) is 11.4 Å². The number of carbonyl (C=O) groups excluding carboxylic acids is 3. The molecule has 33 heavy (non-hydrogen) atoms. The molecule has 6 nitrogen and oxygen atoms in total. The van der Waals surface area contributed by atoms with Crippen LogP contribution in [0.5, 0.6) is 5.75 Å². The Morgan fingerprint density at radius 3 is 2.18 bits per heavy atom. The molecule has 2 aliphatic carbocycles. The van der Waals surface area contributed by atoms with E-state index in [1.807, 2.05) is 36.4 Å². The molecular formula is C25H24Br2N2O4. The van der Waals surface area contributed by atoms with Gasteiger partial charge in [0.1, 0.15) is 11.8 Å². The molecule has 1 heterocycles. The number of imide groups is 1. The van der Waals surface area contributed by atoms with E-state index < -0.39 is 11.9 Å². The van der Waals surface area contributed by atoms with Crippen LogP contribution in [0, 0.1) is 23.7 Å². The maximum atomic E-state index is 13.6. The third kappa shape index (κ3) is 3.71. The van der Waals surface area contributed by atoms with Crippen LogP contribution in [-0.4, -0.2) is 45.4 Å². The minimum atomic E-state index is -0.940. The lowest BCUT2D eigenvalue weighted by Gasteiger charge is -2.28. The second-order valence-corrected chi connectivity index (χ2v) is 11.1. The zero-order chi connectivity index (χ0) is 23.3. The summed E-state index contributed by atoms with van der Waals surface area (Å²) in [5.41, 5.74) is 1.39. The number of methoxy groups -OCH3 is 1. The van der Waals surface area contributed by atoms with E-state index in [1.165, 1.54) is 12.0 Å². The molecule has 2 aromatic carbocycles. The molecule has 3 aliphatic rings. The standard InChI is InChI=1S/C25H24Br2N2O4/c1-33-18-10-6-5-9-16(18)28-23(30)17(11-13-7-3-2-4-8-13)29-24(31)19-14-12-15(20(19)25(29)32)22(27)21(14)26/h2-10,14-15,17,19-22H,11-12H2,1H3,(H,28,30)/t14-,15-,17-,19-,20+,21-,22+/m0/s1. The number of benzene rings is 2. The highest BCUT2D eigenvalue weighted by molar-refractivity contribution is 9.12. The summed E-state index contributed by atoms with van der Waals surface area (Å²) in [7, 11) is 1.53. The van der Waals surface area contributed by atoms with Crippen molar-refractivity contribution in [2.75, 3.05) is 12.4 Å². The average Bonchev–Trinajstić information content (AvgIpc) is 3.43. The van der Waals surface area contributed by atoms with E-state index in [4.69, 9.17) is 4.74 Å². The third-order valence-electron chi connectivity index (χ3n) is 7.27. The fourth-order valence-corrected chi connectivity index (χ4v) is 7.65. The number of amides is 3. The van der Waals surface area contributed by atoms with Gasteiger partial charge in [0.15, 0.2) is 0 Å². The zero-order valence-corrected chi connectivity index (χ0v) is 21.2. The Balaban J connectivity index is 1.48. The number of fused-ring (bicyclic) bond motifs is 5. The molecule has 1 N–H and O–H groups in total. The van der Waals surface area contributed by atoms with E-state index in [9.17, 15) is 14.4 Å². The fraction of sp³-hybridized carbons (Fsp3) is 0.400. The van der Waals surface area contributed by atoms with Gasteiger partial charge in [-0.2, -0.15) is 0 Å². The number of likely N-dealkylation sites (tertiary alicyclic amines) is 1. The van der Waals surface area contributed by atoms with E-state index in [2.05, 4.69) is 37.2 Å². The summed E-state index contributed by atoms with van der Waals surface area (Å²) in [5, 5.41) is 2.89. The van der Waals surface area contributed by atoms with Gasteiger partial charge in [0.2, 0.25) is 17.7 Å². The fourth-order valence-electron chi connectivity index (χ4n) is 5.78. The molecule has 1 saturated heterocycles. The van der Waals surface area contributed by atoms with Gasteiger partial charge in [-0.05, 0) is 36.0 Å². The number of halogens is 2. The second-order valence-electron chi connectivity index (χ2n) is 8.95. The summed E-state index contributed by atoms with van der Waals surface area (Å²) < 4.78 is 5.36. The van der Waals surface area contributed by atoms with Gasteiger partial charge in [-0.1, -0.05) is 74.3 Å². The van der Waals surface area contributed by atoms with Crippen LogP contribution in [0.4, 0.5) is 5.69 Å². The molecule has 2 bridgehead atoms. The highest BCUT2D eigenvalue weighted by Gasteiger charge is 2.67. The first-order chi connectivity index (χ1) is 15.9. The summed E-state index contributed by atoms with van der Waals surface area (Å²) in [5.74, 6) is -0.863. The third-order valence-corrected chi connectivity index (χ3v) is 10.5. The van der Waals surface area contributed by atoms with Crippen molar-refractivity contribution in [1.29, 1.82) is 0 Å². The number of nitrogens with one attached hydrogen (secondary N) is 1. The molecule has 0 spiro atoms. The predicted octanol–water partition coefficient (Wildman–Crippen LogP) is 4.02. The number of hydrogen-bond donors (Lipinski definition) is 1. The van der Waals surface area contributed by atoms with Gasteiger partial charge in [0.25, 0.3) is 0 Å². The molecule has 3 amide bonds. The first kappa shape index (κ1) is 22.6. The van der Waals surface area contributed by atoms with Crippen LogP contribution in [0.3, 0.4) is 0 Å². The van der Waals surface area contributed by atoms with Crippen molar-refractivity contribution in [1.82, 2.24) is 4.90 Å². The Labute approximate surface area is 209 Å². The molecular weight excluding hydrogens is 552 g/mol. The van der Waals surface area contributed by atoms with E-state index >= 15 is 0 Å². The quantitative estimate of drug-likeness (QED) is 0.417. The van der Waals surface area contributed by atoms with Gasteiger partial charge >= 0.3 is 0 Å². The van der Waals surface area contributed by atoms with Crippen LogP contribution in [0.25, 0.3) is 0 Å². The maximum Gasteiger partial charge on any atom is 0.248 e. The molecule has 2 aromatic rings. The van der Waals surface area contributed by atoms with Gasteiger partial charge in [-0.25, -0.2) is 0 Å². The van der Waals surface area contributed by atoms with Crippen molar-refractivity contribution in [2.24, 2.45) is 23.7 Å². The van der Waals surface area contributed by atoms with E-state index in [1.54, 1.807) is 18.2 Å². The predicted molar refractivity (Wildman–Crippen MR) is 131 cm³/mol. The van der Waals surface area contributed by atoms with Crippen molar-refractivity contribution in [3.63, 3.8) is 0 Å². The van der Waals surface area contributed by atoms with Crippen LogP contribution in [-0.2, 0) is 20.8 Å². The molecule has 0 radical (unpaired) electrons. The largest absolute Gasteiger partial charge is 0.495 e. The average molecular weight is 576 g/mol. The Kier molecular flexibility index (Phi) is 6.07. The van der Waals surface area contributed by atoms with Crippen molar-refractivity contribution >= 4 is 55.3 Å². The van der Waals surface area contributed by atoms with Crippen molar-refractivity contribution < 1.29 is 19.1 Å². The van der Waals surface area contributed by atoms with Gasteiger partial charge in [-0.15, -0.1) is 0 Å². The first-order valence-electron chi connectivity index (χ1n) is 11.0. The topological polar surface area (TPSA) is 75.7 Å². The van der Waals surface area contributed by atoms with Gasteiger partial charge in [0.05, 0.1) is 24.6 Å². The lowest BCUT2D eigenvalue weighted by Crippen LogP contribution is -2.49. The van der Waals surface area contributed by atoms with E-state index in [-0.39, 0.29) is 51.6 Å². The highest BCUT2D eigenvalue weighted by Crippen LogP contribution is 2.60. The molecule has 1 aliphatic heterocycles. The van der Waals surface area contributed by atoms with Crippen LogP contribution < -0.4 is 10.1 Å². The summed E-state index contributed by atoms with van der Waals surface area (Å²) in [6.45, 7) is 0. The number of ether oxygens (including phenoxy) is 1. The summed E-state index contributed by atoms with van der Waals surface area (Å²) in [6, 6.07) is 15.6. The minimum Gasteiger partial charge on any atom is -0.495 e. The molecule has 172 valence electrons.